The molecule has 2 aromatic rings. The van der Waals surface area contributed by atoms with Gasteiger partial charge in [0.25, 0.3) is 11.8 Å². The molecule has 4 rings (SSSR count). The summed E-state index contributed by atoms with van der Waals surface area (Å²) in [5, 5.41) is 3.90. The van der Waals surface area contributed by atoms with E-state index in [0.717, 1.165) is 68.8 Å². The van der Waals surface area contributed by atoms with Crippen molar-refractivity contribution in [2.24, 2.45) is 11.8 Å². The summed E-state index contributed by atoms with van der Waals surface area (Å²) in [7, 11) is 0. The zero-order valence-electron chi connectivity index (χ0n) is 26.9. The van der Waals surface area contributed by atoms with E-state index in [9.17, 15) is 9.59 Å². The van der Waals surface area contributed by atoms with Crippen molar-refractivity contribution in [3.63, 3.8) is 0 Å². The van der Waals surface area contributed by atoms with Gasteiger partial charge >= 0.3 is 0 Å². The molecule has 1 unspecified atom stereocenters. The maximum Gasteiger partial charge on any atom is 0.272 e. The van der Waals surface area contributed by atoms with E-state index in [2.05, 4.69) is 48.1 Å². The second-order valence-corrected chi connectivity index (χ2v) is 13.4. The number of halogens is 1. The van der Waals surface area contributed by atoms with Crippen LogP contribution < -0.4 is 5.32 Å². The lowest BCUT2D eigenvalue weighted by Crippen LogP contribution is -2.47. The van der Waals surface area contributed by atoms with Crippen molar-refractivity contribution in [2.75, 3.05) is 26.2 Å². The number of aryl methyl sites for hydroxylation is 1. The smallest absolute Gasteiger partial charge is 0.272 e. The van der Waals surface area contributed by atoms with E-state index >= 15 is 0 Å². The van der Waals surface area contributed by atoms with Crippen molar-refractivity contribution in [3.05, 3.63) is 88.2 Å². The fourth-order valence-electron chi connectivity index (χ4n) is 6.02. The second-order valence-electron chi connectivity index (χ2n) is 12.9. The second kappa shape index (κ2) is 17.5. The number of hydrogen-bond acceptors (Lipinski definition) is 4. The molecule has 0 saturated carbocycles. The van der Waals surface area contributed by atoms with Crippen LogP contribution in [-0.4, -0.2) is 58.8 Å². The lowest BCUT2D eigenvalue weighted by atomic mass is 9.97. The predicted octanol–water partition coefficient (Wildman–Crippen LogP) is 7.79. The van der Waals surface area contributed by atoms with Crippen molar-refractivity contribution >= 4 is 23.4 Å². The highest BCUT2D eigenvalue weighted by molar-refractivity contribution is 6.29. The topological polar surface area (TPSA) is 65.5 Å². The highest BCUT2D eigenvalue weighted by atomic mass is 35.5. The van der Waals surface area contributed by atoms with Gasteiger partial charge in [0.2, 0.25) is 0 Å². The number of pyridine rings is 1. The molecule has 238 valence electrons. The summed E-state index contributed by atoms with van der Waals surface area (Å²) in [4.78, 5) is 35.9. The van der Waals surface area contributed by atoms with Gasteiger partial charge in [0.05, 0.1) is 0 Å². The summed E-state index contributed by atoms with van der Waals surface area (Å²) in [6.45, 7) is 11.0. The Bertz CT molecular complexity index is 1250. The molecule has 2 heterocycles. The predicted molar refractivity (Wildman–Crippen MR) is 181 cm³/mol. The number of carbonyl (C=O) groups excluding carboxylic acids is 2. The SMILES string of the molecule is CCCCCc1ccc(C(=O)N(Cc2ccc(C(=O)NCCC3C=CC=C(Cl)C3)cc2)C2CCN(CCC(C)C)CC2)nc1. The van der Waals surface area contributed by atoms with Gasteiger partial charge in [-0.15, -0.1) is 0 Å². The first-order valence-corrected chi connectivity index (χ1v) is 17.1. The third-order valence-corrected chi connectivity index (χ3v) is 9.16. The quantitative estimate of drug-likeness (QED) is 0.207. The van der Waals surface area contributed by atoms with Crippen LogP contribution in [0.1, 0.15) is 104 Å². The van der Waals surface area contributed by atoms with Crippen molar-refractivity contribution in [1.29, 1.82) is 0 Å². The van der Waals surface area contributed by atoms with E-state index in [4.69, 9.17) is 11.6 Å². The molecular weight excluding hydrogens is 568 g/mol. The van der Waals surface area contributed by atoms with E-state index in [1.165, 1.54) is 24.8 Å². The van der Waals surface area contributed by atoms with Crippen molar-refractivity contribution in [1.82, 2.24) is 20.1 Å². The minimum Gasteiger partial charge on any atom is -0.352 e. The summed E-state index contributed by atoms with van der Waals surface area (Å²) in [5.41, 5.74) is 3.33. The number of nitrogens with zero attached hydrogens (tertiary/aromatic N) is 3. The van der Waals surface area contributed by atoms with E-state index in [-0.39, 0.29) is 17.9 Å². The van der Waals surface area contributed by atoms with Crippen LogP contribution in [-0.2, 0) is 13.0 Å². The molecule has 1 atom stereocenters. The van der Waals surface area contributed by atoms with E-state index in [1.807, 2.05) is 53.6 Å². The first-order valence-electron chi connectivity index (χ1n) is 16.7. The van der Waals surface area contributed by atoms with Gasteiger partial charge in [0, 0.05) is 49.0 Å². The first-order chi connectivity index (χ1) is 21.3. The summed E-state index contributed by atoms with van der Waals surface area (Å²) < 4.78 is 0. The van der Waals surface area contributed by atoms with Crippen LogP contribution >= 0.6 is 11.6 Å². The molecule has 44 heavy (non-hydrogen) atoms. The van der Waals surface area contributed by atoms with Gasteiger partial charge in [-0.05, 0) is 98.7 Å². The minimum atomic E-state index is -0.0806. The molecule has 0 spiro atoms. The molecule has 1 aromatic carbocycles. The molecule has 6 nitrogen and oxygen atoms in total. The molecule has 1 N–H and O–H groups in total. The van der Waals surface area contributed by atoms with E-state index < -0.39 is 0 Å². The van der Waals surface area contributed by atoms with Crippen LogP contribution in [0.2, 0.25) is 0 Å². The molecule has 1 aromatic heterocycles. The fraction of sp³-hybridized carbons (Fsp3) is 0.541. The maximum absolute atomic E-state index is 13.9. The van der Waals surface area contributed by atoms with Crippen molar-refractivity contribution in [2.45, 2.75) is 91.1 Å². The zero-order chi connectivity index (χ0) is 31.3. The molecule has 7 heteroatoms. The molecule has 1 aliphatic heterocycles. The number of rotatable bonds is 15. The highest BCUT2D eigenvalue weighted by Crippen LogP contribution is 2.24. The maximum atomic E-state index is 13.9. The van der Waals surface area contributed by atoms with Crippen LogP contribution in [0.4, 0.5) is 0 Å². The molecule has 2 aliphatic rings. The lowest BCUT2D eigenvalue weighted by Gasteiger charge is -2.38. The molecule has 0 bridgehead atoms. The Morgan fingerprint density at radius 3 is 2.48 bits per heavy atom. The molecule has 2 amide bonds. The Morgan fingerprint density at radius 1 is 1.07 bits per heavy atom. The summed E-state index contributed by atoms with van der Waals surface area (Å²) in [5.74, 6) is 0.951. The van der Waals surface area contributed by atoms with Crippen LogP contribution in [0.3, 0.4) is 0 Å². The number of allylic oxidation sites excluding steroid dienone is 4. The Labute approximate surface area is 270 Å². The van der Waals surface area contributed by atoms with E-state index in [1.54, 1.807) is 0 Å². The monoisotopic (exact) mass is 618 g/mol. The van der Waals surface area contributed by atoms with Gasteiger partial charge in [-0.2, -0.15) is 0 Å². The minimum absolute atomic E-state index is 0.0146. The first kappa shape index (κ1) is 33.9. The fourth-order valence-corrected chi connectivity index (χ4v) is 6.29. The average Bonchev–Trinajstić information content (AvgIpc) is 3.03. The molecular formula is C37H51ClN4O2. The van der Waals surface area contributed by atoms with Crippen LogP contribution in [0.15, 0.2) is 65.9 Å². The average molecular weight is 619 g/mol. The van der Waals surface area contributed by atoms with Gasteiger partial charge in [0.15, 0.2) is 0 Å². The van der Waals surface area contributed by atoms with Gasteiger partial charge in [-0.25, -0.2) is 0 Å². The Kier molecular flexibility index (Phi) is 13.5. The molecule has 0 radical (unpaired) electrons. The van der Waals surface area contributed by atoms with Gasteiger partial charge in [0.1, 0.15) is 5.69 Å². The number of carbonyl (C=O) groups is 2. The van der Waals surface area contributed by atoms with Crippen LogP contribution in [0, 0.1) is 11.8 Å². The number of amides is 2. The zero-order valence-corrected chi connectivity index (χ0v) is 27.7. The van der Waals surface area contributed by atoms with Crippen LogP contribution in [0.5, 0.6) is 0 Å². The Morgan fingerprint density at radius 2 is 1.82 bits per heavy atom. The van der Waals surface area contributed by atoms with Crippen molar-refractivity contribution in [3.8, 4) is 0 Å². The van der Waals surface area contributed by atoms with Gasteiger partial charge in [-0.1, -0.05) is 75.6 Å². The highest BCUT2D eigenvalue weighted by Gasteiger charge is 2.29. The summed E-state index contributed by atoms with van der Waals surface area (Å²) >= 11 is 6.15. The number of unbranched alkanes of at least 4 members (excludes halogenated alkanes) is 2. The van der Waals surface area contributed by atoms with Crippen LogP contribution in [0.25, 0.3) is 0 Å². The number of hydrogen-bond donors (Lipinski definition) is 1. The molecule has 1 aliphatic carbocycles. The molecule has 1 saturated heterocycles. The number of likely N-dealkylation sites (tertiary alicyclic amines) is 1. The van der Waals surface area contributed by atoms with E-state index in [0.29, 0.717) is 36.2 Å². The normalized spacial score (nSPS) is 17.5. The third kappa shape index (κ3) is 10.6. The standard InChI is InChI=1S/C37H51ClN4O2/c1-4-5-6-8-30-13-16-35(40-26-30)37(44)42(34-19-23-41(24-20-34)22-18-28(2)3)27-31-11-14-32(15-12-31)36(43)39-21-17-29-9-7-10-33(38)25-29/h7,9-16,26,28-29,34H,4-6,8,17-25,27H2,1-3H3,(H,39,43). The summed E-state index contributed by atoms with van der Waals surface area (Å²) in [6, 6.07) is 11.8. The largest absolute Gasteiger partial charge is 0.352 e. The summed E-state index contributed by atoms with van der Waals surface area (Å²) in [6.07, 6.45) is 17.3. The van der Waals surface area contributed by atoms with Crippen molar-refractivity contribution < 1.29 is 9.59 Å². The number of aromatic nitrogens is 1. The van der Waals surface area contributed by atoms with Gasteiger partial charge < -0.3 is 15.1 Å². The third-order valence-electron chi connectivity index (χ3n) is 8.88. The number of benzene rings is 1. The van der Waals surface area contributed by atoms with Gasteiger partial charge in [-0.3, -0.25) is 14.6 Å². The number of nitrogens with one attached hydrogen (secondary N) is 1. The molecule has 1 fully saturated rings. The Hall–Kier alpha value is -2.96. The number of piperidine rings is 1. The Balaban J connectivity index is 1.39. The lowest BCUT2D eigenvalue weighted by molar-refractivity contribution is 0.0540.